The Hall–Kier alpha value is -1.85. The van der Waals surface area contributed by atoms with Crippen molar-refractivity contribution in [3.8, 4) is 5.75 Å². The molecule has 0 spiro atoms. The number of phenolic OH excluding ortho intramolecular Hbond substituents is 1. The molecule has 3 atom stereocenters. The van der Waals surface area contributed by atoms with Crippen LogP contribution in [-0.4, -0.2) is 53.2 Å². The van der Waals surface area contributed by atoms with E-state index in [1.54, 1.807) is 6.08 Å². The normalized spacial score (nSPS) is 35.1. The minimum Gasteiger partial charge on any atom is -0.507 e. The number of likely N-dealkylation sites (N-methyl/N-ethyl adjacent to an activating group) is 1. The number of rotatable bonds is 1. The Labute approximate surface area is 141 Å². The molecule has 0 unspecified atom stereocenters. The van der Waals surface area contributed by atoms with Gasteiger partial charge in [0.2, 0.25) is 0 Å². The minimum atomic E-state index is -1.22. The summed E-state index contributed by atoms with van der Waals surface area (Å²) < 4.78 is 5.23. The number of likely N-dealkylation sites (tertiary alicyclic amines) is 1. The van der Waals surface area contributed by atoms with Gasteiger partial charge in [0, 0.05) is 23.4 Å². The van der Waals surface area contributed by atoms with E-state index >= 15 is 0 Å². The van der Waals surface area contributed by atoms with Gasteiger partial charge >= 0.3 is 0 Å². The van der Waals surface area contributed by atoms with Crippen LogP contribution in [0.3, 0.4) is 0 Å². The van der Waals surface area contributed by atoms with Crippen LogP contribution in [0.15, 0.2) is 24.0 Å². The average molecular weight is 329 g/mol. The summed E-state index contributed by atoms with van der Waals surface area (Å²) in [6, 6.07) is 3.79. The molecule has 128 valence electrons. The van der Waals surface area contributed by atoms with E-state index in [4.69, 9.17) is 4.74 Å². The van der Waals surface area contributed by atoms with Gasteiger partial charge in [-0.3, -0.25) is 9.69 Å². The number of benzene rings is 1. The van der Waals surface area contributed by atoms with E-state index in [2.05, 4.69) is 4.90 Å². The summed E-state index contributed by atoms with van der Waals surface area (Å²) in [5.74, 6) is 0.333. The predicted octanol–water partition coefficient (Wildman–Crippen LogP) is 1.43. The van der Waals surface area contributed by atoms with E-state index in [1.165, 1.54) is 7.11 Å². The largest absolute Gasteiger partial charge is 0.507 e. The number of methoxy groups -OCH3 is 1. The molecule has 0 radical (unpaired) electrons. The first-order valence-electron chi connectivity index (χ1n) is 8.38. The van der Waals surface area contributed by atoms with Gasteiger partial charge in [-0.2, -0.15) is 0 Å². The molecule has 1 aromatic carbocycles. The van der Waals surface area contributed by atoms with Crippen LogP contribution >= 0.6 is 0 Å². The Morgan fingerprint density at radius 2 is 2.12 bits per heavy atom. The van der Waals surface area contributed by atoms with Gasteiger partial charge in [-0.1, -0.05) is 12.1 Å². The monoisotopic (exact) mass is 329 g/mol. The summed E-state index contributed by atoms with van der Waals surface area (Å²) in [5.41, 5.74) is 0.553. The number of piperidine rings is 1. The molecule has 4 rings (SSSR count). The molecular formula is C19H23NO4. The van der Waals surface area contributed by atoms with Crippen molar-refractivity contribution >= 4 is 5.78 Å². The van der Waals surface area contributed by atoms with Gasteiger partial charge in [0.1, 0.15) is 11.4 Å². The van der Waals surface area contributed by atoms with Crippen LogP contribution in [-0.2, 0) is 21.4 Å². The third kappa shape index (κ3) is 1.69. The van der Waals surface area contributed by atoms with E-state index in [-0.39, 0.29) is 29.8 Å². The number of Topliss-reactive ketones (excluding diaryl/α,β-unsaturated/α-hetero) is 1. The van der Waals surface area contributed by atoms with Gasteiger partial charge in [0.25, 0.3) is 0 Å². The van der Waals surface area contributed by atoms with Crippen molar-refractivity contribution in [2.24, 2.45) is 0 Å². The molecule has 1 saturated heterocycles. The number of aromatic hydroxyl groups is 1. The first kappa shape index (κ1) is 15.7. The lowest BCUT2D eigenvalue weighted by atomic mass is 9.50. The molecule has 3 aliphatic rings. The number of ketones is 1. The molecule has 5 nitrogen and oxygen atoms in total. The Bertz CT molecular complexity index is 771. The number of carbonyl (C=O) groups is 1. The summed E-state index contributed by atoms with van der Waals surface area (Å²) in [4.78, 5) is 14.8. The maximum Gasteiger partial charge on any atom is 0.198 e. The van der Waals surface area contributed by atoms with Crippen LogP contribution in [0.5, 0.6) is 5.75 Å². The highest BCUT2D eigenvalue weighted by atomic mass is 16.5. The predicted molar refractivity (Wildman–Crippen MR) is 88.9 cm³/mol. The number of aryl methyl sites for hydroxylation is 1. The summed E-state index contributed by atoms with van der Waals surface area (Å²) in [6.45, 7) is 2.64. The van der Waals surface area contributed by atoms with Gasteiger partial charge in [0.05, 0.1) is 7.11 Å². The molecule has 2 bridgehead atoms. The maximum atomic E-state index is 12.6. The second-order valence-electron chi connectivity index (χ2n) is 7.44. The fourth-order valence-electron chi connectivity index (χ4n) is 5.03. The topological polar surface area (TPSA) is 70.0 Å². The molecule has 1 fully saturated rings. The van der Waals surface area contributed by atoms with Crippen molar-refractivity contribution in [2.75, 3.05) is 20.7 Å². The number of aliphatic hydroxyl groups is 1. The van der Waals surface area contributed by atoms with E-state index < -0.39 is 11.0 Å². The molecule has 0 saturated carbocycles. The molecule has 24 heavy (non-hydrogen) atoms. The van der Waals surface area contributed by atoms with Crippen molar-refractivity contribution in [1.29, 1.82) is 0 Å². The van der Waals surface area contributed by atoms with Crippen LogP contribution in [0.25, 0.3) is 0 Å². The quantitative estimate of drug-likeness (QED) is 0.816. The number of nitrogens with zero attached hydrogens (tertiary/aromatic N) is 1. The number of phenols is 1. The average Bonchev–Trinajstić information content (AvgIpc) is 2.54. The second kappa shape index (κ2) is 4.83. The smallest absolute Gasteiger partial charge is 0.198 e. The Morgan fingerprint density at radius 1 is 1.38 bits per heavy atom. The summed E-state index contributed by atoms with van der Waals surface area (Å²) in [7, 11) is 3.46. The Balaban J connectivity index is 2.05. The highest BCUT2D eigenvalue weighted by Gasteiger charge is 2.65. The number of carbonyl (C=O) groups excluding carboxylic acids is 1. The summed E-state index contributed by atoms with van der Waals surface area (Å²) in [6.07, 6.45) is 3.03. The maximum absolute atomic E-state index is 12.6. The molecule has 0 aromatic heterocycles. The molecule has 5 heteroatoms. The highest BCUT2D eigenvalue weighted by molar-refractivity contribution is 5.96. The highest BCUT2D eigenvalue weighted by Crippen LogP contribution is 2.58. The first-order chi connectivity index (χ1) is 11.3. The van der Waals surface area contributed by atoms with Crippen LogP contribution < -0.4 is 0 Å². The lowest BCUT2D eigenvalue weighted by Gasteiger charge is -2.61. The number of hydrogen-bond acceptors (Lipinski definition) is 5. The Kier molecular flexibility index (Phi) is 3.15. The lowest BCUT2D eigenvalue weighted by molar-refractivity contribution is -0.141. The molecule has 2 aliphatic carbocycles. The van der Waals surface area contributed by atoms with E-state index in [0.717, 1.165) is 23.2 Å². The van der Waals surface area contributed by atoms with E-state index in [1.807, 2.05) is 26.1 Å². The number of fused-ring (bicyclic) bond motifs is 1. The van der Waals surface area contributed by atoms with Gasteiger partial charge < -0.3 is 14.9 Å². The van der Waals surface area contributed by atoms with Crippen LogP contribution in [0.2, 0.25) is 0 Å². The van der Waals surface area contributed by atoms with Crippen LogP contribution in [0.4, 0.5) is 0 Å². The van der Waals surface area contributed by atoms with E-state index in [0.29, 0.717) is 12.8 Å². The van der Waals surface area contributed by atoms with Crippen molar-refractivity contribution < 1.29 is 19.7 Å². The zero-order valence-corrected chi connectivity index (χ0v) is 14.3. The fraction of sp³-hybridized carbons (Fsp3) is 0.526. The van der Waals surface area contributed by atoms with Crippen LogP contribution in [0.1, 0.15) is 29.5 Å². The molecule has 1 aliphatic heterocycles. The molecule has 1 heterocycles. The van der Waals surface area contributed by atoms with Gasteiger partial charge in [-0.25, -0.2) is 0 Å². The van der Waals surface area contributed by atoms with Crippen molar-refractivity contribution in [1.82, 2.24) is 4.90 Å². The summed E-state index contributed by atoms with van der Waals surface area (Å²) >= 11 is 0. The Morgan fingerprint density at radius 3 is 2.83 bits per heavy atom. The second-order valence-corrected chi connectivity index (χ2v) is 7.44. The molecule has 1 aromatic rings. The van der Waals surface area contributed by atoms with Gasteiger partial charge in [-0.15, -0.1) is 0 Å². The third-order valence-electron chi connectivity index (χ3n) is 6.36. The zero-order valence-electron chi connectivity index (χ0n) is 14.3. The number of allylic oxidation sites excluding steroid dienone is 1. The molecule has 0 amide bonds. The number of hydrogen-bond donors (Lipinski definition) is 2. The van der Waals surface area contributed by atoms with Crippen molar-refractivity contribution in [3.63, 3.8) is 0 Å². The SMILES string of the molecule is COC1=C[C@]2(O)[C@@H]3Cc4ccc(C)c(O)c4[C@]2(CCN3C)CC1=O. The summed E-state index contributed by atoms with van der Waals surface area (Å²) in [5, 5.41) is 22.5. The van der Waals surface area contributed by atoms with Crippen molar-refractivity contribution in [3.05, 3.63) is 40.7 Å². The van der Waals surface area contributed by atoms with Gasteiger partial charge in [-0.05, 0) is 50.6 Å². The standard InChI is InChI=1S/C19H23NO4/c1-11-4-5-12-8-15-19(23)10-14(24-3)13(21)9-18(19,6-7-20(15)2)16(12)17(11)22/h4-5,10,15,22-23H,6-9H2,1-3H3/t15-,18-,19-/m0/s1. The van der Waals surface area contributed by atoms with E-state index in [9.17, 15) is 15.0 Å². The fourth-order valence-corrected chi connectivity index (χ4v) is 5.03. The van der Waals surface area contributed by atoms with Crippen molar-refractivity contribution in [2.45, 2.75) is 43.2 Å². The lowest BCUT2D eigenvalue weighted by Crippen LogP contribution is -2.71. The first-order valence-corrected chi connectivity index (χ1v) is 8.38. The molecule has 2 N–H and O–H groups in total. The van der Waals surface area contributed by atoms with Gasteiger partial charge in [0.15, 0.2) is 11.5 Å². The molecular weight excluding hydrogens is 306 g/mol. The minimum absolute atomic E-state index is 0.112. The van der Waals surface area contributed by atoms with Crippen LogP contribution in [0, 0.1) is 6.92 Å². The zero-order chi connectivity index (χ0) is 17.3. The number of ether oxygens (including phenoxy) is 1. The third-order valence-corrected chi connectivity index (χ3v) is 6.36.